The van der Waals surface area contributed by atoms with E-state index in [1.165, 1.54) is 0 Å². The molecule has 1 aliphatic heterocycles. The van der Waals surface area contributed by atoms with Crippen LogP contribution in [0.3, 0.4) is 0 Å². The number of hydrogen-bond acceptors (Lipinski definition) is 4. The molecule has 0 fully saturated rings. The maximum absolute atomic E-state index is 9.93. The normalized spacial score (nSPS) is 17.7. The molecule has 1 heterocycles. The highest BCUT2D eigenvalue weighted by Gasteiger charge is 2.20. The topological polar surface area (TPSA) is 49.7 Å². The molecule has 4 heteroatoms. The van der Waals surface area contributed by atoms with E-state index < -0.39 is 12.2 Å². The van der Waals surface area contributed by atoms with Crippen molar-refractivity contribution in [3.05, 3.63) is 29.3 Å². The van der Waals surface area contributed by atoms with Gasteiger partial charge in [-0.25, -0.2) is 0 Å². The molecule has 0 saturated heterocycles. The fourth-order valence-electron chi connectivity index (χ4n) is 1.90. The van der Waals surface area contributed by atoms with Crippen LogP contribution in [0, 0.1) is 0 Å². The molecule has 0 aliphatic carbocycles. The Morgan fingerprint density at radius 3 is 2.94 bits per heavy atom. The number of rotatable bonds is 4. The third-order valence-corrected chi connectivity index (χ3v) is 3.10. The Kier molecular flexibility index (Phi) is 3.74. The number of fused-ring (bicyclic) bond motifs is 1. The second-order valence-corrected chi connectivity index (χ2v) is 4.44. The van der Waals surface area contributed by atoms with Crippen LogP contribution in [0.5, 0.6) is 5.75 Å². The Labute approximate surface area is 100 Å². The van der Waals surface area contributed by atoms with Crippen LogP contribution in [0.1, 0.15) is 23.7 Å². The maximum Gasteiger partial charge on any atom is 0.122 e. The van der Waals surface area contributed by atoms with Crippen LogP contribution in [-0.4, -0.2) is 28.7 Å². The van der Waals surface area contributed by atoms with Crippen molar-refractivity contribution < 1.29 is 14.9 Å². The maximum atomic E-state index is 9.93. The average Bonchev–Trinajstić information content (AvgIpc) is 2.75. The summed E-state index contributed by atoms with van der Waals surface area (Å²) in [5.41, 5.74) is 1.85. The van der Waals surface area contributed by atoms with Gasteiger partial charge >= 0.3 is 0 Å². The Morgan fingerprint density at radius 1 is 1.38 bits per heavy atom. The first-order chi connectivity index (χ1) is 7.72. The zero-order valence-electron chi connectivity index (χ0n) is 8.97. The molecule has 2 N–H and O–H groups in total. The number of benzene rings is 1. The average molecular weight is 240 g/mol. The molecule has 1 aromatic carbocycles. The van der Waals surface area contributed by atoms with Crippen LogP contribution in [0.4, 0.5) is 0 Å². The third kappa shape index (κ3) is 2.34. The van der Waals surface area contributed by atoms with E-state index in [4.69, 9.17) is 4.74 Å². The van der Waals surface area contributed by atoms with Crippen LogP contribution in [0.2, 0.25) is 0 Å². The van der Waals surface area contributed by atoms with Gasteiger partial charge in [-0.3, -0.25) is 0 Å². The van der Waals surface area contributed by atoms with Gasteiger partial charge in [0.2, 0.25) is 0 Å². The van der Waals surface area contributed by atoms with Crippen LogP contribution in [-0.2, 0) is 6.42 Å². The van der Waals surface area contributed by atoms with Crippen LogP contribution in [0.15, 0.2) is 18.2 Å². The minimum absolute atomic E-state index is 0.484. The summed E-state index contributed by atoms with van der Waals surface area (Å²) in [4.78, 5) is 0. The van der Waals surface area contributed by atoms with E-state index in [2.05, 4.69) is 12.6 Å². The lowest BCUT2D eigenvalue weighted by Gasteiger charge is -2.17. The van der Waals surface area contributed by atoms with Crippen molar-refractivity contribution in [2.24, 2.45) is 0 Å². The van der Waals surface area contributed by atoms with Gasteiger partial charge in [0.1, 0.15) is 11.9 Å². The van der Waals surface area contributed by atoms with Gasteiger partial charge in [0.15, 0.2) is 0 Å². The van der Waals surface area contributed by atoms with Crippen molar-refractivity contribution in [1.29, 1.82) is 0 Å². The van der Waals surface area contributed by atoms with Crippen LogP contribution in [0.25, 0.3) is 0 Å². The monoisotopic (exact) mass is 240 g/mol. The summed E-state index contributed by atoms with van der Waals surface area (Å²) in [6.07, 6.45) is -0.230. The standard InChI is InChI=1S/C12H16O3S/c13-10(4-6-16)12(14)9-1-2-11-8(7-9)3-5-15-11/h1-2,7,10,12-14,16H,3-6H2. The number of thiol groups is 1. The molecule has 2 atom stereocenters. The first-order valence-corrected chi connectivity index (χ1v) is 6.08. The molecule has 2 unspecified atom stereocenters. The summed E-state index contributed by atoms with van der Waals surface area (Å²) in [7, 11) is 0. The minimum Gasteiger partial charge on any atom is -0.493 e. The Bertz CT molecular complexity index is 367. The smallest absolute Gasteiger partial charge is 0.122 e. The molecule has 0 radical (unpaired) electrons. The summed E-state index contributed by atoms with van der Waals surface area (Å²) in [5.74, 6) is 1.45. The zero-order valence-corrected chi connectivity index (χ0v) is 9.86. The fourth-order valence-corrected chi connectivity index (χ4v) is 2.17. The van der Waals surface area contributed by atoms with Crippen molar-refractivity contribution in [1.82, 2.24) is 0 Å². The Balaban J connectivity index is 2.14. The molecule has 0 amide bonds. The van der Waals surface area contributed by atoms with Crippen molar-refractivity contribution >= 4 is 12.6 Å². The van der Waals surface area contributed by atoms with Crippen molar-refractivity contribution in [3.63, 3.8) is 0 Å². The van der Waals surface area contributed by atoms with E-state index in [-0.39, 0.29) is 0 Å². The van der Waals surface area contributed by atoms with E-state index in [1.807, 2.05) is 12.1 Å². The first kappa shape index (κ1) is 11.8. The summed E-state index contributed by atoms with van der Waals surface area (Å²) in [6, 6.07) is 5.57. The molecule has 2 rings (SSSR count). The van der Waals surface area contributed by atoms with Gasteiger partial charge in [0.05, 0.1) is 12.7 Å². The molecule has 0 aromatic heterocycles. The lowest BCUT2D eigenvalue weighted by atomic mass is 10.00. The molecular weight excluding hydrogens is 224 g/mol. The number of ether oxygens (including phenoxy) is 1. The molecule has 3 nitrogen and oxygen atoms in total. The molecule has 0 bridgehead atoms. The Hall–Kier alpha value is -0.710. The summed E-state index contributed by atoms with van der Waals surface area (Å²) < 4.78 is 5.38. The summed E-state index contributed by atoms with van der Waals surface area (Å²) in [6.45, 7) is 0.702. The van der Waals surface area contributed by atoms with Gasteiger partial charge < -0.3 is 14.9 Å². The fraction of sp³-hybridized carbons (Fsp3) is 0.500. The third-order valence-electron chi connectivity index (χ3n) is 2.84. The van der Waals surface area contributed by atoms with Gasteiger partial charge in [-0.1, -0.05) is 6.07 Å². The SMILES string of the molecule is OC(CCS)C(O)c1ccc2c(c1)CCO2. The molecular formula is C12H16O3S. The zero-order chi connectivity index (χ0) is 11.5. The van der Waals surface area contributed by atoms with Gasteiger partial charge in [0, 0.05) is 6.42 Å². The largest absolute Gasteiger partial charge is 0.493 e. The van der Waals surface area contributed by atoms with E-state index in [0.29, 0.717) is 18.8 Å². The molecule has 0 saturated carbocycles. The number of aliphatic hydroxyl groups is 2. The Morgan fingerprint density at radius 2 is 2.19 bits per heavy atom. The predicted octanol–water partition coefficient (Wildman–Crippen LogP) is 1.34. The van der Waals surface area contributed by atoms with Crippen molar-refractivity contribution in [3.8, 4) is 5.75 Å². The second-order valence-electron chi connectivity index (χ2n) is 3.99. The molecule has 16 heavy (non-hydrogen) atoms. The predicted molar refractivity (Wildman–Crippen MR) is 65.1 cm³/mol. The van der Waals surface area contributed by atoms with E-state index in [9.17, 15) is 10.2 Å². The highest BCUT2D eigenvalue weighted by molar-refractivity contribution is 7.80. The lowest BCUT2D eigenvalue weighted by Crippen LogP contribution is -2.18. The van der Waals surface area contributed by atoms with E-state index in [1.54, 1.807) is 6.07 Å². The quantitative estimate of drug-likeness (QED) is 0.696. The number of aliphatic hydroxyl groups excluding tert-OH is 2. The van der Waals surface area contributed by atoms with Crippen LogP contribution < -0.4 is 4.74 Å². The number of hydrogen-bond donors (Lipinski definition) is 3. The molecule has 0 spiro atoms. The molecule has 1 aromatic rings. The van der Waals surface area contributed by atoms with Crippen molar-refractivity contribution in [2.45, 2.75) is 25.0 Å². The first-order valence-electron chi connectivity index (χ1n) is 5.45. The minimum atomic E-state index is -0.835. The summed E-state index contributed by atoms with van der Waals surface area (Å²) >= 11 is 4.04. The van der Waals surface area contributed by atoms with Crippen LogP contribution >= 0.6 is 12.6 Å². The second kappa shape index (κ2) is 5.08. The highest BCUT2D eigenvalue weighted by Crippen LogP contribution is 2.29. The van der Waals surface area contributed by atoms with Gasteiger partial charge in [-0.05, 0) is 35.4 Å². The lowest BCUT2D eigenvalue weighted by molar-refractivity contribution is 0.0172. The van der Waals surface area contributed by atoms with Gasteiger partial charge in [-0.2, -0.15) is 12.6 Å². The summed E-state index contributed by atoms with van der Waals surface area (Å²) in [5, 5.41) is 19.6. The molecule has 88 valence electrons. The van der Waals surface area contributed by atoms with Crippen molar-refractivity contribution in [2.75, 3.05) is 12.4 Å². The van der Waals surface area contributed by atoms with Gasteiger partial charge in [0.25, 0.3) is 0 Å². The van der Waals surface area contributed by atoms with E-state index in [0.717, 1.165) is 23.3 Å². The highest BCUT2D eigenvalue weighted by atomic mass is 32.1. The van der Waals surface area contributed by atoms with E-state index >= 15 is 0 Å². The molecule has 1 aliphatic rings. The van der Waals surface area contributed by atoms with Gasteiger partial charge in [-0.15, -0.1) is 0 Å².